The van der Waals surface area contributed by atoms with E-state index in [1.54, 1.807) is 36.0 Å². The standard InChI is InChI=1S/C28H31FN8O2/c1-30-25-15-24(34-26-20(16-31-37(25)26)27(38)33-23-14-21(23)29)32-22-4-3-11-36(28(22)39)19-7-5-17(6-8-19)18-9-12-35(2)13-10-18/h3-8,11,15-16,18,21,23,30H,9-10,12-14H2,1-2H3,(H,32,34)(H,33,38)/t21-,23+/m1/s1. The van der Waals surface area contributed by atoms with Crippen molar-refractivity contribution in [3.63, 3.8) is 0 Å². The monoisotopic (exact) mass is 530 g/mol. The number of halogens is 1. The van der Waals surface area contributed by atoms with E-state index in [1.165, 1.54) is 16.3 Å². The number of hydrogen-bond acceptors (Lipinski definition) is 7. The summed E-state index contributed by atoms with van der Waals surface area (Å²) in [6, 6.07) is 12.9. The second-order valence-electron chi connectivity index (χ2n) is 10.3. The van der Waals surface area contributed by atoms with E-state index in [9.17, 15) is 14.0 Å². The number of pyridine rings is 1. The van der Waals surface area contributed by atoms with Crippen molar-refractivity contribution in [3.8, 4) is 5.69 Å². The van der Waals surface area contributed by atoms with Crippen LogP contribution >= 0.6 is 0 Å². The molecule has 2 fully saturated rings. The van der Waals surface area contributed by atoms with Gasteiger partial charge < -0.3 is 20.9 Å². The fraction of sp³-hybridized carbons (Fsp3) is 0.357. The first-order valence-electron chi connectivity index (χ1n) is 13.2. The predicted octanol–water partition coefficient (Wildman–Crippen LogP) is 3.31. The first kappa shape index (κ1) is 25.1. The van der Waals surface area contributed by atoms with Crippen LogP contribution in [0.4, 0.5) is 21.7 Å². The second-order valence-corrected chi connectivity index (χ2v) is 10.3. The SMILES string of the molecule is CNc1cc(Nc2cccn(-c3ccc(C4CCN(C)CC4)cc3)c2=O)nc2c(C(=O)N[C@H]3C[C@H]3F)cnn12. The van der Waals surface area contributed by atoms with Gasteiger partial charge in [0.1, 0.15) is 29.1 Å². The number of amides is 1. The number of rotatable bonds is 7. The number of aromatic nitrogens is 4. The molecule has 2 aliphatic rings. The van der Waals surface area contributed by atoms with Gasteiger partial charge in [-0.15, -0.1) is 0 Å². The molecule has 4 aromatic rings. The summed E-state index contributed by atoms with van der Waals surface area (Å²) in [7, 11) is 3.88. The number of likely N-dealkylation sites (tertiary alicyclic amines) is 1. The number of carbonyl (C=O) groups is 1. The molecule has 39 heavy (non-hydrogen) atoms. The maximum Gasteiger partial charge on any atom is 0.278 e. The van der Waals surface area contributed by atoms with Gasteiger partial charge in [0.2, 0.25) is 0 Å². The normalized spacial score (nSPS) is 19.7. The van der Waals surface area contributed by atoms with E-state index in [0.717, 1.165) is 31.6 Å². The molecule has 0 unspecified atom stereocenters. The van der Waals surface area contributed by atoms with Gasteiger partial charge in [-0.25, -0.2) is 9.37 Å². The molecule has 1 aliphatic carbocycles. The Morgan fingerprint density at radius 1 is 1.13 bits per heavy atom. The first-order valence-corrected chi connectivity index (χ1v) is 13.2. The molecule has 1 amide bonds. The predicted molar refractivity (Wildman–Crippen MR) is 148 cm³/mol. The fourth-order valence-corrected chi connectivity index (χ4v) is 5.10. The number of benzene rings is 1. The molecule has 1 saturated carbocycles. The van der Waals surface area contributed by atoms with Crippen LogP contribution in [0, 0.1) is 0 Å². The molecule has 3 N–H and O–H groups in total. The lowest BCUT2D eigenvalue weighted by atomic mass is 9.89. The lowest BCUT2D eigenvalue weighted by Crippen LogP contribution is -2.29. The zero-order valence-corrected chi connectivity index (χ0v) is 21.9. The van der Waals surface area contributed by atoms with Crippen LogP contribution in [-0.2, 0) is 0 Å². The van der Waals surface area contributed by atoms with Crippen LogP contribution in [0.5, 0.6) is 0 Å². The number of nitrogens with zero attached hydrogens (tertiary/aromatic N) is 5. The van der Waals surface area contributed by atoms with Crippen LogP contribution < -0.4 is 21.5 Å². The van der Waals surface area contributed by atoms with Crippen LogP contribution in [-0.4, -0.2) is 69.4 Å². The van der Waals surface area contributed by atoms with Crippen molar-refractivity contribution in [2.24, 2.45) is 0 Å². The third-order valence-corrected chi connectivity index (χ3v) is 7.57. The number of nitrogens with one attached hydrogen (secondary N) is 3. The van der Waals surface area contributed by atoms with E-state index < -0.39 is 18.1 Å². The molecule has 202 valence electrons. The van der Waals surface area contributed by atoms with Crippen molar-refractivity contribution >= 4 is 28.9 Å². The van der Waals surface area contributed by atoms with Crippen molar-refractivity contribution in [3.05, 3.63) is 76.3 Å². The topological polar surface area (TPSA) is 109 Å². The van der Waals surface area contributed by atoms with Crippen molar-refractivity contribution in [2.45, 2.75) is 37.4 Å². The molecule has 10 nitrogen and oxygen atoms in total. The van der Waals surface area contributed by atoms with Gasteiger partial charge in [-0.2, -0.15) is 9.61 Å². The van der Waals surface area contributed by atoms with Gasteiger partial charge in [-0.3, -0.25) is 14.2 Å². The Labute approximate surface area is 224 Å². The average molecular weight is 531 g/mol. The molecule has 11 heteroatoms. The van der Waals surface area contributed by atoms with Gasteiger partial charge in [-0.05, 0) is 68.7 Å². The zero-order valence-electron chi connectivity index (χ0n) is 21.9. The highest BCUT2D eigenvalue weighted by Gasteiger charge is 2.39. The number of fused-ring (bicyclic) bond motifs is 1. The van der Waals surface area contributed by atoms with Gasteiger partial charge in [-0.1, -0.05) is 12.1 Å². The summed E-state index contributed by atoms with van der Waals surface area (Å²) in [5.74, 6) is 1.04. The van der Waals surface area contributed by atoms with Crippen molar-refractivity contribution in [2.75, 3.05) is 37.8 Å². The van der Waals surface area contributed by atoms with Crippen molar-refractivity contribution < 1.29 is 9.18 Å². The summed E-state index contributed by atoms with van der Waals surface area (Å²) in [6.07, 6.45) is 4.72. The Morgan fingerprint density at radius 2 is 1.87 bits per heavy atom. The summed E-state index contributed by atoms with van der Waals surface area (Å²) < 4.78 is 16.4. The van der Waals surface area contributed by atoms with E-state index in [2.05, 4.69) is 50.1 Å². The quantitative estimate of drug-likeness (QED) is 0.336. The lowest BCUT2D eigenvalue weighted by Gasteiger charge is -2.29. The molecule has 1 aliphatic heterocycles. The zero-order chi connectivity index (χ0) is 27.1. The minimum absolute atomic E-state index is 0.226. The van der Waals surface area contributed by atoms with E-state index in [4.69, 9.17) is 0 Å². The number of alkyl halides is 1. The molecule has 2 atom stereocenters. The Hall–Kier alpha value is -4.25. The maximum absolute atomic E-state index is 13.4. The van der Waals surface area contributed by atoms with E-state index in [1.807, 2.05) is 12.1 Å². The largest absolute Gasteiger partial charge is 0.373 e. The Kier molecular flexibility index (Phi) is 6.51. The van der Waals surface area contributed by atoms with Gasteiger partial charge in [0.05, 0.1) is 12.2 Å². The summed E-state index contributed by atoms with van der Waals surface area (Å²) in [5.41, 5.74) is 2.70. The molecule has 3 aromatic heterocycles. The van der Waals surface area contributed by atoms with Crippen LogP contribution in [0.2, 0.25) is 0 Å². The molecule has 4 heterocycles. The molecule has 0 radical (unpaired) electrons. The van der Waals surface area contributed by atoms with E-state index in [0.29, 0.717) is 35.3 Å². The highest BCUT2D eigenvalue weighted by atomic mass is 19.1. The summed E-state index contributed by atoms with van der Waals surface area (Å²) in [6.45, 7) is 2.19. The Morgan fingerprint density at radius 3 is 2.56 bits per heavy atom. The highest BCUT2D eigenvalue weighted by Crippen LogP contribution is 2.28. The van der Waals surface area contributed by atoms with Gasteiger partial charge in [0, 0.05) is 31.4 Å². The fourth-order valence-electron chi connectivity index (χ4n) is 5.10. The number of carbonyl (C=O) groups excluding carboxylic acids is 1. The third kappa shape index (κ3) is 4.97. The summed E-state index contributed by atoms with van der Waals surface area (Å²) in [4.78, 5) is 33.1. The average Bonchev–Trinajstić information content (AvgIpc) is 3.46. The van der Waals surface area contributed by atoms with Crippen LogP contribution in [0.25, 0.3) is 11.3 Å². The van der Waals surface area contributed by atoms with E-state index >= 15 is 0 Å². The third-order valence-electron chi connectivity index (χ3n) is 7.57. The molecule has 1 aromatic carbocycles. The molecule has 0 bridgehead atoms. The molecular formula is C28H31FN8O2. The molecular weight excluding hydrogens is 499 g/mol. The Bertz CT molecular complexity index is 1570. The van der Waals surface area contributed by atoms with E-state index in [-0.39, 0.29) is 11.1 Å². The van der Waals surface area contributed by atoms with Gasteiger partial charge in [0.15, 0.2) is 5.65 Å². The first-order chi connectivity index (χ1) is 18.9. The lowest BCUT2D eigenvalue weighted by molar-refractivity contribution is 0.0949. The van der Waals surface area contributed by atoms with Crippen molar-refractivity contribution in [1.29, 1.82) is 0 Å². The molecule has 6 rings (SSSR count). The van der Waals surface area contributed by atoms with Crippen LogP contribution in [0.1, 0.15) is 41.1 Å². The second kappa shape index (κ2) is 10.1. The Balaban J connectivity index is 1.27. The summed E-state index contributed by atoms with van der Waals surface area (Å²) in [5, 5.41) is 13.1. The number of anilines is 3. The smallest absolute Gasteiger partial charge is 0.278 e. The van der Waals surface area contributed by atoms with Crippen LogP contribution in [0.15, 0.2) is 59.7 Å². The number of hydrogen-bond donors (Lipinski definition) is 3. The number of piperidine rings is 1. The minimum atomic E-state index is -1.01. The summed E-state index contributed by atoms with van der Waals surface area (Å²) >= 11 is 0. The van der Waals surface area contributed by atoms with Gasteiger partial charge in [0.25, 0.3) is 11.5 Å². The van der Waals surface area contributed by atoms with Gasteiger partial charge >= 0.3 is 0 Å². The van der Waals surface area contributed by atoms with Crippen molar-refractivity contribution in [1.82, 2.24) is 29.4 Å². The van der Waals surface area contributed by atoms with Crippen LogP contribution in [0.3, 0.4) is 0 Å². The highest BCUT2D eigenvalue weighted by molar-refractivity contribution is 6.00. The molecule has 0 spiro atoms. The maximum atomic E-state index is 13.4. The molecule has 1 saturated heterocycles. The minimum Gasteiger partial charge on any atom is -0.373 e.